The van der Waals surface area contributed by atoms with E-state index in [1.165, 1.54) is 14.2 Å². The van der Waals surface area contributed by atoms with Crippen LogP contribution in [0.5, 0.6) is 0 Å². The maximum Gasteiger partial charge on any atom is 0.329 e. The quantitative estimate of drug-likeness (QED) is 0.117. The first-order chi connectivity index (χ1) is 26.8. The average molecular weight is 801 g/mol. The average Bonchev–Trinajstić information content (AvgIpc) is 3.65. The van der Waals surface area contributed by atoms with Crippen molar-refractivity contribution in [3.05, 3.63) is 47.5 Å². The number of esters is 1. The molecule has 1 aliphatic rings. The maximum atomic E-state index is 14.3. The molecule has 9 atom stereocenters. The molecule has 0 bridgehead atoms. The molecule has 0 radical (unpaired) electrons. The van der Waals surface area contributed by atoms with Gasteiger partial charge in [0.1, 0.15) is 18.2 Å². The van der Waals surface area contributed by atoms with E-state index < -0.39 is 66.3 Å². The zero-order valence-corrected chi connectivity index (χ0v) is 36.7. The molecule has 1 saturated heterocycles. The number of rotatable bonds is 22. The van der Waals surface area contributed by atoms with Crippen molar-refractivity contribution in [1.29, 1.82) is 0 Å². The number of likely N-dealkylation sites (N-methyl/N-ethyl adjacent to an activating group) is 2. The van der Waals surface area contributed by atoms with Crippen molar-refractivity contribution in [1.82, 2.24) is 25.3 Å². The summed E-state index contributed by atoms with van der Waals surface area (Å²) in [5, 5.41) is 5.91. The summed E-state index contributed by atoms with van der Waals surface area (Å²) in [6.45, 7) is 15.5. The molecule has 0 spiro atoms. The predicted molar refractivity (Wildman–Crippen MR) is 222 cm³/mol. The summed E-state index contributed by atoms with van der Waals surface area (Å²) in [5.41, 5.74) is 7.38. The van der Waals surface area contributed by atoms with Crippen LogP contribution in [-0.4, -0.2) is 141 Å². The van der Waals surface area contributed by atoms with Gasteiger partial charge in [-0.25, -0.2) is 4.79 Å². The minimum Gasteiger partial charge on any atom is -0.460 e. The van der Waals surface area contributed by atoms with Crippen LogP contribution in [0.3, 0.4) is 0 Å². The van der Waals surface area contributed by atoms with Crippen molar-refractivity contribution in [3.8, 4) is 0 Å². The highest BCUT2D eigenvalue weighted by molar-refractivity contribution is 5.90. The van der Waals surface area contributed by atoms with Gasteiger partial charge in [0, 0.05) is 40.8 Å². The summed E-state index contributed by atoms with van der Waals surface area (Å²) in [5.74, 6) is -2.63. The SMILES string of the molecule is C/C=C(/C)[C@@H]([C@@H](CC(=O)N1CCC[C@H]1[C@H](OC)[C@@H](C)C(=O)NC(Cc1ccccc1)C(=O)OC(C)CN)OC)N(C)C(=O)[C@@H](NC(=O)[C@H](C(C)C)N(C)C)C(C)C. The molecule has 2 rings (SSSR count). The molecule has 322 valence electrons. The van der Waals surface area contributed by atoms with E-state index in [0.717, 1.165) is 11.1 Å². The van der Waals surface area contributed by atoms with E-state index in [9.17, 15) is 24.0 Å². The van der Waals surface area contributed by atoms with Crippen LogP contribution in [0, 0.1) is 17.8 Å². The standard InChI is InChI=1S/C43H72N6O8/c1-14-28(6)38(48(11)42(53)36(26(2)3)46-41(52)37(27(4)5)47(9)10)34(55-12)24-35(50)49-22-18-21-33(49)39(56-13)30(8)40(51)45-32(43(54)57-29(7)25-44)23-31-19-16-15-17-20-31/h14-17,19-20,26-27,29-30,32-34,36-39H,18,21-25,44H2,1-13H3,(H,45,51)(H,46,52)/b28-14-/t29?,30-,32?,33+,34-,36+,37+,38+,39-/m1/s1. The second-order valence-electron chi connectivity index (χ2n) is 16.3. The van der Waals surface area contributed by atoms with Crippen LogP contribution in [-0.2, 0) is 44.6 Å². The van der Waals surface area contributed by atoms with Crippen molar-refractivity contribution in [2.24, 2.45) is 23.5 Å². The van der Waals surface area contributed by atoms with Gasteiger partial charge in [0.2, 0.25) is 23.6 Å². The fourth-order valence-electron chi connectivity index (χ4n) is 7.84. The summed E-state index contributed by atoms with van der Waals surface area (Å²) in [7, 11) is 8.41. The normalized spacial score (nSPS) is 19.0. The molecule has 1 aromatic carbocycles. The smallest absolute Gasteiger partial charge is 0.329 e. The highest BCUT2D eigenvalue weighted by Crippen LogP contribution is 2.29. The topological polar surface area (TPSA) is 173 Å². The number of nitrogens with one attached hydrogen (secondary N) is 2. The van der Waals surface area contributed by atoms with Gasteiger partial charge >= 0.3 is 5.97 Å². The molecule has 1 fully saturated rings. The van der Waals surface area contributed by atoms with Crippen molar-refractivity contribution >= 4 is 29.6 Å². The van der Waals surface area contributed by atoms with Gasteiger partial charge in [0.25, 0.3) is 0 Å². The van der Waals surface area contributed by atoms with E-state index in [1.54, 1.807) is 30.7 Å². The molecule has 1 aliphatic heterocycles. The van der Waals surface area contributed by atoms with E-state index in [2.05, 4.69) is 10.6 Å². The fourth-order valence-corrected chi connectivity index (χ4v) is 7.84. The molecule has 4 amide bonds. The molecular weight excluding hydrogens is 729 g/mol. The Hall–Kier alpha value is -3.85. The highest BCUT2D eigenvalue weighted by Gasteiger charge is 2.43. The molecule has 0 aromatic heterocycles. The minimum atomic E-state index is -0.961. The lowest BCUT2D eigenvalue weighted by molar-refractivity contribution is -0.153. The minimum absolute atomic E-state index is 0.0257. The molecule has 57 heavy (non-hydrogen) atoms. The molecule has 4 N–H and O–H groups in total. The lowest BCUT2D eigenvalue weighted by atomic mass is 9.93. The highest BCUT2D eigenvalue weighted by atomic mass is 16.5. The maximum absolute atomic E-state index is 14.3. The lowest BCUT2D eigenvalue weighted by Gasteiger charge is -2.39. The number of amides is 4. The van der Waals surface area contributed by atoms with E-state index in [4.69, 9.17) is 19.9 Å². The Labute approximate surface area is 341 Å². The predicted octanol–water partition coefficient (Wildman–Crippen LogP) is 3.17. The number of hydrogen-bond acceptors (Lipinski definition) is 10. The molecule has 14 nitrogen and oxygen atoms in total. The fraction of sp³-hybridized carbons (Fsp3) is 0.698. The summed E-state index contributed by atoms with van der Waals surface area (Å²) in [6.07, 6.45) is 1.46. The number of nitrogens with two attached hydrogens (primary N) is 1. The Morgan fingerprint density at radius 2 is 1.54 bits per heavy atom. The van der Waals surface area contributed by atoms with Crippen LogP contribution in [0.1, 0.15) is 80.2 Å². The third kappa shape index (κ3) is 13.6. The van der Waals surface area contributed by atoms with Gasteiger partial charge in [-0.2, -0.15) is 0 Å². The molecular formula is C43H72N6O8. The Morgan fingerprint density at radius 3 is 2.05 bits per heavy atom. The van der Waals surface area contributed by atoms with Crippen molar-refractivity contribution in [2.45, 2.75) is 130 Å². The van der Waals surface area contributed by atoms with Crippen molar-refractivity contribution < 1.29 is 38.2 Å². The Bertz CT molecular complexity index is 1480. The monoisotopic (exact) mass is 801 g/mol. The van der Waals surface area contributed by atoms with Crippen LogP contribution < -0.4 is 16.4 Å². The Morgan fingerprint density at radius 1 is 0.912 bits per heavy atom. The van der Waals surface area contributed by atoms with Crippen LogP contribution in [0.25, 0.3) is 0 Å². The summed E-state index contributed by atoms with van der Waals surface area (Å²) in [4.78, 5) is 74.2. The molecule has 2 unspecified atom stereocenters. The third-order valence-electron chi connectivity index (χ3n) is 11.1. The van der Waals surface area contributed by atoms with Crippen molar-refractivity contribution in [3.63, 3.8) is 0 Å². The van der Waals surface area contributed by atoms with Crippen LogP contribution in [0.4, 0.5) is 0 Å². The number of allylic oxidation sites excluding steroid dienone is 1. The van der Waals surface area contributed by atoms with Gasteiger partial charge in [0.05, 0.1) is 42.7 Å². The van der Waals surface area contributed by atoms with Crippen molar-refractivity contribution in [2.75, 3.05) is 48.5 Å². The van der Waals surface area contributed by atoms with Gasteiger partial charge in [-0.1, -0.05) is 76.6 Å². The van der Waals surface area contributed by atoms with E-state index >= 15 is 0 Å². The zero-order chi connectivity index (χ0) is 43.1. The molecule has 14 heteroatoms. The van der Waals surface area contributed by atoms with Crippen LogP contribution in [0.2, 0.25) is 0 Å². The number of carbonyl (C=O) groups excluding carboxylic acids is 5. The number of likely N-dealkylation sites (tertiary alicyclic amines) is 1. The van der Waals surface area contributed by atoms with Gasteiger partial charge in [-0.05, 0) is 65.1 Å². The molecule has 0 aliphatic carbocycles. The first kappa shape index (κ1) is 49.3. The Balaban J connectivity index is 2.32. The van der Waals surface area contributed by atoms with Crippen LogP contribution >= 0.6 is 0 Å². The largest absolute Gasteiger partial charge is 0.460 e. The summed E-state index contributed by atoms with van der Waals surface area (Å²) >= 11 is 0. The van der Waals surface area contributed by atoms with Gasteiger partial charge in [-0.15, -0.1) is 0 Å². The number of nitrogens with zero attached hydrogens (tertiary/aromatic N) is 3. The molecule has 1 aromatic rings. The number of methoxy groups -OCH3 is 2. The number of carbonyl (C=O) groups is 5. The molecule has 1 heterocycles. The number of benzene rings is 1. The number of hydrogen-bond donors (Lipinski definition) is 3. The summed E-state index contributed by atoms with van der Waals surface area (Å²) in [6, 6.07) is 6.12. The summed E-state index contributed by atoms with van der Waals surface area (Å²) < 4.78 is 17.5. The molecule has 0 saturated carbocycles. The van der Waals surface area contributed by atoms with Gasteiger partial charge in [0.15, 0.2) is 0 Å². The van der Waals surface area contributed by atoms with Crippen LogP contribution in [0.15, 0.2) is 42.0 Å². The van der Waals surface area contributed by atoms with Gasteiger partial charge in [-0.3, -0.25) is 24.1 Å². The van der Waals surface area contributed by atoms with Gasteiger partial charge < -0.3 is 40.4 Å². The second kappa shape index (κ2) is 23.5. The van der Waals surface area contributed by atoms with E-state index in [0.29, 0.717) is 19.4 Å². The third-order valence-corrected chi connectivity index (χ3v) is 11.1. The second-order valence-corrected chi connectivity index (χ2v) is 16.3. The lowest BCUT2D eigenvalue weighted by Crippen LogP contribution is -2.59. The zero-order valence-electron chi connectivity index (χ0n) is 36.7. The first-order valence-corrected chi connectivity index (χ1v) is 20.3. The van der Waals surface area contributed by atoms with E-state index in [-0.39, 0.29) is 48.9 Å². The Kier molecular flexibility index (Phi) is 20.3. The number of ether oxygens (including phenoxy) is 3. The first-order valence-electron chi connectivity index (χ1n) is 20.3. The van der Waals surface area contributed by atoms with E-state index in [1.807, 2.05) is 96.9 Å².